The number of nitrogens with zero attached hydrogens (tertiary/aromatic N) is 4. The number of anilines is 1. The van der Waals surface area contributed by atoms with E-state index in [0.29, 0.717) is 11.0 Å². The molecule has 30 heavy (non-hydrogen) atoms. The van der Waals surface area contributed by atoms with Gasteiger partial charge in [0.1, 0.15) is 0 Å². The number of aromatic nitrogens is 3. The maximum Gasteiger partial charge on any atom is 0.282 e. The molecule has 160 valence electrons. The monoisotopic (exact) mass is 426 g/mol. The van der Waals surface area contributed by atoms with Crippen LogP contribution in [0.4, 0.5) is 5.13 Å². The maximum atomic E-state index is 12.9. The van der Waals surface area contributed by atoms with Crippen LogP contribution in [-0.2, 0) is 6.42 Å². The molecule has 1 aliphatic rings. The van der Waals surface area contributed by atoms with E-state index in [-0.39, 0.29) is 11.9 Å². The van der Waals surface area contributed by atoms with Gasteiger partial charge in [-0.1, -0.05) is 42.9 Å². The molecule has 3 aromatic rings. The fourth-order valence-electron chi connectivity index (χ4n) is 4.04. The Labute approximate surface area is 181 Å². The van der Waals surface area contributed by atoms with Gasteiger partial charge in [0.15, 0.2) is 0 Å². The van der Waals surface area contributed by atoms with Gasteiger partial charge in [-0.25, -0.2) is 0 Å². The molecule has 1 aromatic carbocycles. The van der Waals surface area contributed by atoms with Gasteiger partial charge in [-0.3, -0.25) is 4.79 Å². The van der Waals surface area contributed by atoms with E-state index in [1.54, 1.807) is 0 Å². The fourth-order valence-corrected chi connectivity index (χ4v) is 4.83. The first-order chi connectivity index (χ1) is 14.5. The Bertz CT molecular complexity index is 998. The summed E-state index contributed by atoms with van der Waals surface area (Å²) in [5, 5.41) is 14.2. The molecule has 0 spiro atoms. The second-order valence-electron chi connectivity index (χ2n) is 8.19. The first-order valence-corrected chi connectivity index (χ1v) is 11.5. The highest BCUT2D eigenvalue weighted by molar-refractivity contribution is 7.17. The summed E-state index contributed by atoms with van der Waals surface area (Å²) in [7, 11) is 2.14. The zero-order valence-electron chi connectivity index (χ0n) is 17.9. The highest BCUT2D eigenvalue weighted by Crippen LogP contribution is 2.24. The van der Waals surface area contributed by atoms with E-state index in [1.807, 2.05) is 6.07 Å². The molecule has 0 radical (unpaired) electrons. The van der Waals surface area contributed by atoms with Crippen LogP contribution in [0.3, 0.4) is 0 Å². The summed E-state index contributed by atoms with van der Waals surface area (Å²) in [5.41, 5.74) is 2.36. The SMILES string of the molecule is CCCC(Cc1c[nH]c2ccccc12)NC(=O)c1nnc(N2CCN(C)C(C)C2)s1. The molecular formula is C22H30N6OS. The number of hydrogen-bond donors (Lipinski definition) is 2. The van der Waals surface area contributed by atoms with Crippen LogP contribution < -0.4 is 10.2 Å². The summed E-state index contributed by atoms with van der Waals surface area (Å²) in [6.07, 6.45) is 4.78. The van der Waals surface area contributed by atoms with Crippen LogP contribution in [0.25, 0.3) is 10.9 Å². The molecule has 0 aliphatic carbocycles. The molecule has 2 aromatic heterocycles. The van der Waals surface area contributed by atoms with Crippen LogP contribution in [0.2, 0.25) is 0 Å². The summed E-state index contributed by atoms with van der Waals surface area (Å²) < 4.78 is 0. The van der Waals surface area contributed by atoms with Crippen molar-refractivity contribution in [3.8, 4) is 0 Å². The average Bonchev–Trinajstić information content (AvgIpc) is 3.38. The first kappa shape index (κ1) is 20.8. The number of para-hydroxylation sites is 1. The van der Waals surface area contributed by atoms with E-state index >= 15 is 0 Å². The number of benzene rings is 1. The smallest absolute Gasteiger partial charge is 0.282 e. The number of hydrogen-bond acceptors (Lipinski definition) is 6. The van der Waals surface area contributed by atoms with Crippen molar-refractivity contribution in [1.82, 2.24) is 25.4 Å². The van der Waals surface area contributed by atoms with Crippen LogP contribution in [0, 0.1) is 0 Å². The van der Waals surface area contributed by atoms with Gasteiger partial charge in [0, 0.05) is 48.8 Å². The molecule has 2 atom stereocenters. The Kier molecular flexibility index (Phi) is 6.34. The number of likely N-dealkylation sites (N-methyl/N-ethyl adjacent to an activating group) is 1. The van der Waals surface area contributed by atoms with Crippen molar-refractivity contribution in [2.24, 2.45) is 0 Å². The zero-order valence-corrected chi connectivity index (χ0v) is 18.7. The van der Waals surface area contributed by atoms with E-state index in [9.17, 15) is 4.79 Å². The Morgan fingerprint density at radius 2 is 2.17 bits per heavy atom. The fraction of sp³-hybridized carbons (Fsp3) is 0.500. The number of rotatable bonds is 7. The van der Waals surface area contributed by atoms with E-state index in [1.165, 1.54) is 22.3 Å². The second kappa shape index (κ2) is 9.14. The predicted octanol–water partition coefficient (Wildman–Crippen LogP) is 3.30. The van der Waals surface area contributed by atoms with Gasteiger partial charge in [0.05, 0.1) is 0 Å². The van der Waals surface area contributed by atoms with E-state index < -0.39 is 0 Å². The van der Waals surface area contributed by atoms with Crippen molar-refractivity contribution in [3.63, 3.8) is 0 Å². The maximum absolute atomic E-state index is 12.9. The lowest BCUT2D eigenvalue weighted by molar-refractivity contribution is 0.0933. The zero-order chi connectivity index (χ0) is 21.1. The number of carbonyl (C=O) groups excluding carboxylic acids is 1. The molecule has 2 N–H and O–H groups in total. The topological polar surface area (TPSA) is 77.1 Å². The van der Waals surface area contributed by atoms with Crippen LogP contribution in [0.15, 0.2) is 30.5 Å². The van der Waals surface area contributed by atoms with Gasteiger partial charge in [0.2, 0.25) is 10.1 Å². The highest BCUT2D eigenvalue weighted by atomic mass is 32.1. The van der Waals surface area contributed by atoms with Crippen LogP contribution in [-0.4, -0.2) is 64.8 Å². The number of piperazine rings is 1. The molecule has 2 unspecified atom stereocenters. The van der Waals surface area contributed by atoms with Gasteiger partial charge >= 0.3 is 0 Å². The normalized spacial score (nSPS) is 18.6. The first-order valence-electron chi connectivity index (χ1n) is 10.7. The third-order valence-electron chi connectivity index (χ3n) is 5.95. The van der Waals surface area contributed by atoms with Crippen LogP contribution in [0.1, 0.15) is 42.1 Å². The number of H-pyrrole nitrogens is 1. The molecule has 0 saturated carbocycles. The third kappa shape index (κ3) is 4.49. The predicted molar refractivity (Wildman–Crippen MR) is 122 cm³/mol. The van der Waals surface area contributed by atoms with Gasteiger partial charge in [0.25, 0.3) is 5.91 Å². The van der Waals surface area contributed by atoms with Crippen molar-refractivity contribution in [2.75, 3.05) is 31.6 Å². The number of carbonyl (C=O) groups is 1. The van der Waals surface area contributed by atoms with Crippen molar-refractivity contribution in [3.05, 3.63) is 41.0 Å². The number of amides is 1. The van der Waals surface area contributed by atoms with E-state index in [2.05, 4.69) is 75.6 Å². The Balaban J connectivity index is 1.43. The van der Waals surface area contributed by atoms with Gasteiger partial charge in [-0.05, 0) is 38.4 Å². The highest BCUT2D eigenvalue weighted by Gasteiger charge is 2.25. The van der Waals surface area contributed by atoms with Crippen molar-refractivity contribution >= 4 is 33.3 Å². The molecule has 4 rings (SSSR count). The quantitative estimate of drug-likeness (QED) is 0.606. The molecular weight excluding hydrogens is 396 g/mol. The Morgan fingerprint density at radius 1 is 1.33 bits per heavy atom. The molecule has 7 nitrogen and oxygen atoms in total. The third-order valence-corrected chi connectivity index (χ3v) is 6.94. The summed E-state index contributed by atoms with van der Waals surface area (Å²) in [4.78, 5) is 20.8. The van der Waals surface area contributed by atoms with Gasteiger partial charge in [-0.2, -0.15) is 0 Å². The lowest BCUT2D eigenvalue weighted by Crippen LogP contribution is -2.50. The summed E-state index contributed by atoms with van der Waals surface area (Å²) in [6, 6.07) is 8.81. The lowest BCUT2D eigenvalue weighted by Gasteiger charge is -2.37. The minimum absolute atomic E-state index is 0.0673. The largest absolute Gasteiger partial charge is 0.361 e. The summed E-state index contributed by atoms with van der Waals surface area (Å²) in [5.74, 6) is -0.126. The second-order valence-corrected chi connectivity index (χ2v) is 9.14. The Morgan fingerprint density at radius 3 is 2.97 bits per heavy atom. The molecule has 1 fully saturated rings. The number of fused-ring (bicyclic) bond motifs is 1. The van der Waals surface area contributed by atoms with Crippen LogP contribution >= 0.6 is 11.3 Å². The van der Waals surface area contributed by atoms with E-state index in [4.69, 9.17) is 0 Å². The molecule has 1 saturated heterocycles. The standard InChI is InChI=1S/C22H30N6OS/c1-4-7-17(12-16-13-23-19-9-6-5-8-18(16)19)24-20(29)21-25-26-22(30-21)28-11-10-27(3)15(2)14-28/h5-6,8-9,13,15,17,23H,4,7,10-12,14H2,1-3H3,(H,24,29). The number of nitrogens with one attached hydrogen (secondary N) is 2. The van der Waals surface area contributed by atoms with Crippen LogP contribution in [0.5, 0.6) is 0 Å². The van der Waals surface area contributed by atoms with Gasteiger partial charge < -0.3 is 20.1 Å². The van der Waals surface area contributed by atoms with Crippen molar-refractivity contribution in [2.45, 2.75) is 45.2 Å². The van der Waals surface area contributed by atoms with Crippen molar-refractivity contribution < 1.29 is 4.79 Å². The Hall–Kier alpha value is -2.45. The average molecular weight is 427 g/mol. The molecule has 0 bridgehead atoms. The minimum Gasteiger partial charge on any atom is -0.361 e. The molecule has 1 aliphatic heterocycles. The summed E-state index contributed by atoms with van der Waals surface area (Å²) >= 11 is 1.39. The molecule has 1 amide bonds. The van der Waals surface area contributed by atoms with Crippen molar-refractivity contribution in [1.29, 1.82) is 0 Å². The molecule has 3 heterocycles. The van der Waals surface area contributed by atoms with E-state index in [0.717, 1.165) is 49.5 Å². The number of aromatic amines is 1. The van der Waals surface area contributed by atoms with Gasteiger partial charge in [-0.15, -0.1) is 10.2 Å². The summed E-state index contributed by atoms with van der Waals surface area (Å²) in [6.45, 7) is 7.17. The lowest BCUT2D eigenvalue weighted by atomic mass is 10.0. The minimum atomic E-state index is -0.126. The molecule has 8 heteroatoms.